The molecule has 2 aliphatic heterocycles. The van der Waals surface area contributed by atoms with E-state index in [2.05, 4.69) is 10.2 Å². The number of nitrogens with one attached hydrogen (secondary N) is 1. The van der Waals surface area contributed by atoms with Gasteiger partial charge in [-0.1, -0.05) is 0 Å². The van der Waals surface area contributed by atoms with Gasteiger partial charge in [0.15, 0.2) is 0 Å². The smallest absolute Gasteiger partial charge is 0.0646 e. The van der Waals surface area contributed by atoms with Gasteiger partial charge in [-0.2, -0.15) is 0 Å². The third-order valence-corrected chi connectivity index (χ3v) is 1.77. The molecule has 1 N–H and O–H groups in total. The first kappa shape index (κ1) is 4.73. The summed E-state index contributed by atoms with van der Waals surface area (Å²) in [7, 11) is 0. The van der Waals surface area contributed by atoms with Gasteiger partial charge in [0.2, 0.25) is 0 Å². The number of ether oxygens (including phenoxy) is 1. The predicted octanol–water partition coefficient (Wildman–Crippen LogP) is -0.795. The van der Waals surface area contributed by atoms with E-state index in [9.17, 15) is 0 Å². The van der Waals surface area contributed by atoms with Crippen LogP contribution >= 0.6 is 0 Å². The van der Waals surface area contributed by atoms with Crippen LogP contribution < -0.4 is 5.32 Å². The van der Waals surface area contributed by atoms with Gasteiger partial charge in [-0.15, -0.1) is 0 Å². The van der Waals surface area contributed by atoms with Crippen LogP contribution in [-0.4, -0.2) is 37.5 Å². The van der Waals surface area contributed by atoms with E-state index >= 15 is 0 Å². The van der Waals surface area contributed by atoms with Crippen LogP contribution in [-0.2, 0) is 4.74 Å². The molecular weight excluding hydrogens is 104 g/mol. The fraction of sp³-hybridized carbons (Fsp3) is 1.00. The number of nitrogens with zero attached hydrogens (tertiary/aromatic N) is 1. The molecule has 0 bridgehead atoms. The van der Waals surface area contributed by atoms with Crippen LogP contribution in [0.1, 0.15) is 0 Å². The standard InChI is InChI=1S/C5H10N2O/c1-5(2-8-1)7-3-6-4-7/h5-6H,1-4H2. The fourth-order valence-electron chi connectivity index (χ4n) is 0.933. The maximum absolute atomic E-state index is 5.02. The first-order valence-corrected chi connectivity index (χ1v) is 2.99. The first-order chi connectivity index (χ1) is 3.97. The molecule has 0 aromatic carbocycles. The molecule has 0 unspecified atom stereocenters. The molecule has 0 aliphatic carbocycles. The average Bonchev–Trinajstić information content (AvgIpc) is 1.47. The highest BCUT2D eigenvalue weighted by Crippen LogP contribution is 2.11. The Morgan fingerprint density at radius 3 is 2.25 bits per heavy atom. The minimum absolute atomic E-state index is 0.733. The Labute approximate surface area is 48.6 Å². The van der Waals surface area contributed by atoms with E-state index in [1.807, 2.05) is 0 Å². The first-order valence-electron chi connectivity index (χ1n) is 2.99. The SMILES string of the molecule is C1OCC1N1CNC1. The third kappa shape index (κ3) is 0.555. The normalized spacial score (nSPS) is 31.5. The molecule has 8 heavy (non-hydrogen) atoms. The summed E-state index contributed by atoms with van der Waals surface area (Å²) in [4.78, 5) is 2.38. The summed E-state index contributed by atoms with van der Waals surface area (Å²) < 4.78 is 5.02. The van der Waals surface area contributed by atoms with Gasteiger partial charge in [0.25, 0.3) is 0 Å². The van der Waals surface area contributed by atoms with Crippen LogP contribution in [0.15, 0.2) is 0 Å². The zero-order chi connectivity index (χ0) is 5.40. The Hall–Kier alpha value is -0.120. The zero-order valence-electron chi connectivity index (χ0n) is 4.76. The topological polar surface area (TPSA) is 24.5 Å². The molecule has 0 aromatic rings. The Bertz CT molecular complexity index is 76.4. The molecule has 3 heteroatoms. The molecule has 2 aliphatic rings. The summed E-state index contributed by atoms with van der Waals surface area (Å²) in [6.45, 7) is 4.02. The van der Waals surface area contributed by atoms with Gasteiger partial charge < -0.3 is 4.74 Å². The van der Waals surface area contributed by atoms with Crippen molar-refractivity contribution in [3.8, 4) is 0 Å². The molecule has 2 rings (SSSR count). The minimum Gasteiger partial charge on any atom is -0.378 e. The molecule has 3 nitrogen and oxygen atoms in total. The van der Waals surface area contributed by atoms with Crippen LogP contribution in [0.5, 0.6) is 0 Å². The van der Waals surface area contributed by atoms with E-state index < -0.39 is 0 Å². The Morgan fingerprint density at radius 1 is 1.38 bits per heavy atom. The highest BCUT2D eigenvalue weighted by molar-refractivity contribution is 4.79. The lowest BCUT2D eigenvalue weighted by Gasteiger charge is -2.43. The quantitative estimate of drug-likeness (QED) is 0.483. The van der Waals surface area contributed by atoms with Crippen molar-refractivity contribution in [3.63, 3.8) is 0 Å². The molecule has 0 saturated carbocycles. The molecule has 2 heterocycles. The van der Waals surface area contributed by atoms with Crippen LogP contribution in [0.25, 0.3) is 0 Å². The molecule has 2 fully saturated rings. The largest absolute Gasteiger partial charge is 0.378 e. The summed E-state index contributed by atoms with van der Waals surface area (Å²) in [5.74, 6) is 0. The molecule has 0 radical (unpaired) electrons. The lowest BCUT2D eigenvalue weighted by Crippen LogP contribution is -2.62. The second-order valence-corrected chi connectivity index (χ2v) is 2.35. The molecule has 0 aromatic heterocycles. The van der Waals surface area contributed by atoms with E-state index in [0.29, 0.717) is 0 Å². The van der Waals surface area contributed by atoms with Gasteiger partial charge in [0.1, 0.15) is 0 Å². The molecule has 46 valence electrons. The fourth-order valence-corrected chi connectivity index (χ4v) is 0.933. The van der Waals surface area contributed by atoms with Crippen molar-refractivity contribution in [1.82, 2.24) is 10.2 Å². The van der Waals surface area contributed by atoms with E-state index in [0.717, 1.165) is 32.6 Å². The minimum atomic E-state index is 0.733. The summed E-state index contributed by atoms with van der Waals surface area (Å²) in [5.41, 5.74) is 0. The van der Waals surface area contributed by atoms with Crippen molar-refractivity contribution >= 4 is 0 Å². The van der Waals surface area contributed by atoms with E-state index in [1.165, 1.54) is 0 Å². The summed E-state index contributed by atoms with van der Waals surface area (Å²) >= 11 is 0. The van der Waals surface area contributed by atoms with Crippen molar-refractivity contribution in [1.29, 1.82) is 0 Å². The van der Waals surface area contributed by atoms with Crippen molar-refractivity contribution in [2.24, 2.45) is 0 Å². The third-order valence-electron chi connectivity index (χ3n) is 1.77. The lowest BCUT2D eigenvalue weighted by atomic mass is 10.2. The molecule has 0 amide bonds. The molecular formula is C5H10N2O. The van der Waals surface area contributed by atoms with Gasteiger partial charge in [0, 0.05) is 0 Å². The predicted molar refractivity (Wildman–Crippen MR) is 29.3 cm³/mol. The second-order valence-electron chi connectivity index (χ2n) is 2.35. The van der Waals surface area contributed by atoms with Gasteiger partial charge >= 0.3 is 0 Å². The van der Waals surface area contributed by atoms with Gasteiger partial charge in [-0.3, -0.25) is 10.2 Å². The van der Waals surface area contributed by atoms with Crippen LogP contribution in [0, 0.1) is 0 Å². The maximum atomic E-state index is 5.02. The molecule has 2 saturated heterocycles. The Kier molecular flexibility index (Phi) is 0.997. The van der Waals surface area contributed by atoms with E-state index in [1.54, 1.807) is 0 Å². The van der Waals surface area contributed by atoms with E-state index in [4.69, 9.17) is 4.74 Å². The highest BCUT2D eigenvalue weighted by Gasteiger charge is 2.28. The number of hydrogen-bond acceptors (Lipinski definition) is 3. The summed E-state index contributed by atoms with van der Waals surface area (Å²) in [6, 6.07) is 0.733. The average molecular weight is 114 g/mol. The number of hydrogen-bond donors (Lipinski definition) is 1. The Morgan fingerprint density at radius 2 is 2.12 bits per heavy atom. The van der Waals surface area contributed by atoms with Crippen LogP contribution in [0.3, 0.4) is 0 Å². The summed E-state index contributed by atoms with van der Waals surface area (Å²) in [6.07, 6.45) is 0. The number of rotatable bonds is 1. The van der Waals surface area contributed by atoms with E-state index in [-0.39, 0.29) is 0 Å². The van der Waals surface area contributed by atoms with Crippen molar-refractivity contribution < 1.29 is 4.74 Å². The Balaban J connectivity index is 1.79. The van der Waals surface area contributed by atoms with Crippen LogP contribution in [0.4, 0.5) is 0 Å². The second kappa shape index (κ2) is 1.69. The van der Waals surface area contributed by atoms with Gasteiger partial charge in [0.05, 0.1) is 32.6 Å². The monoisotopic (exact) mass is 114 g/mol. The van der Waals surface area contributed by atoms with Crippen LogP contribution in [0.2, 0.25) is 0 Å². The highest BCUT2D eigenvalue weighted by atomic mass is 16.5. The van der Waals surface area contributed by atoms with Crippen molar-refractivity contribution in [2.75, 3.05) is 26.6 Å². The lowest BCUT2D eigenvalue weighted by molar-refractivity contribution is -0.0938. The van der Waals surface area contributed by atoms with Gasteiger partial charge in [-0.25, -0.2) is 0 Å². The molecule has 0 atom stereocenters. The van der Waals surface area contributed by atoms with Gasteiger partial charge in [-0.05, 0) is 0 Å². The van der Waals surface area contributed by atoms with Crippen molar-refractivity contribution in [3.05, 3.63) is 0 Å². The maximum Gasteiger partial charge on any atom is 0.0646 e. The zero-order valence-corrected chi connectivity index (χ0v) is 4.76. The molecule has 0 spiro atoms. The van der Waals surface area contributed by atoms with Crippen molar-refractivity contribution in [2.45, 2.75) is 6.04 Å². The summed E-state index contributed by atoms with van der Waals surface area (Å²) in [5, 5.41) is 3.18.